The second-order valence-corrected chi connectivity index (χ2v) is 5.08. The molecule has 1 heterocycles. The fraction of sp³-hybridized carbons (Fsp3) is 0.412. The van der Waals surface area contributed by atoms with Gasteiger partial charge in [-0.05, 0) is 31.5 Å². The van der Waals surface area contributed by atoms with Crippen LogP contribution in [-0.2, 0) is 13.0 Å². The van der Waals surface area contributed by atoms with E-state index in [9.17, 15) is 0 Å². The third-order valence-corrected chi connectivity index (χ3v) is 3.24. The van der Waals surface area contributed by atoms with Gasteiger partial charge >= 0.3 is 0 Å². The zero-order valence-electron chi connectivity index (χ0n) is 12.0. The minimum atomic E-state index is 0.541. The van der Waals surface area contributed by atoms with E-state index in [1.165, 1.54) is 16.5 Å². The van der Waals surface area contributed by atoms with Crippen molar-refractivity contribution in [3.63, 3.8) is 0 Å². The summed E-state index contributed by atoms with van der Waals surface area (Å²) < 4.78 is 2.25. The molecule has 0 aliphatic heterocycles. The molecular weight excluding hydrogens is 232 g/mol. The quantitative estimate of drug-likeness (QED) is 0.811. The molecule has 2 heteroatoms. The Morgan fingerprint density at radius 3 is 2.79 bits per heavy atom. The third kappa shape index (κ3) is 3.39. The van der Waals surface area contributed by atoms with Crippen molar-refractivity contribution in [2.75, 3.05) is 6.54 Å². The van der Waals surface area contributed by atoms with Gasteiger partial charge in [0.2, 0.25) is 0 Å². The Morgan fingerprint density at radius 2 is 2.05 bits per heavy atom. The maximum Gasteiger partial charge on any atom is 0.0837 e. The van der Waals surface area contributed by atoms with E-state index in [-0.39, 0.29) is 0 Å². The smallest absolute Gasteiger partial charge is 0.0837 e. The van der Waals surface area contributed by atoms with Crippen LogP contribution in [0.2, 0.25) is 0 Å². The molecule has 1 aromatic heterocycles. The molecule has 0 unspecified atom stereocenters. The van der Waals surface area contributed by atoms with Gasteiger partial charge in [0.15, 0.2) is 0 Å². The topological polar surface area (TPSA) is 17.0 Å². The van der Waals surface area contributed by atoms with Gasteiger partial charge in [-0.1, -0.05) is 38.0 Å². The molecule has 1 aromatic carbocycles. The minimum Gasteiger partial charge on any atom is -0.336 e. The van der Waals surface area contributed by atoms with Crippen LogP contribution in [0.4, 0.5) is 0 Å². The Morgan fingerprint density at radius 1 is 1.26 bits per heavy atom. The van der Waals surface area contributed by atoms with Crippen LogP contribution in [0, 0.1) is 11.8 Å². The molecule has 19 heavy (non-hydrogen) atoms. The Bertz CT molecular complexity index is 596. The highest BCUT2D eigenvalue weighted by molar-refractivity contribution is 5.84. The van der Waals surface area contributed by atoms with E-state index in [1.54, 1.807) is 0 Å². The van der Waals surface area contributed by atoms with E-state index in [0.717, 1.165) is 19.5 Å². The van der Waals surface area contributed by atoms with E-state index < -0.39 is 0 Å². The first-order chi connectivity index (χ1) is 9.22. The Labute approximate surface area is 115 Å². The summed E-state index contributed by atoms with van der Waals surface area (Å²) in [5.74, 6) is 6.11. The van der Waals surface area contributed by atoms with Gasteiger partial charge in [0.25, 0.3) is 0 Å². The molecule has 0 aliphatic rings. The summed E-state index contributed by atoms with van der Waals surface area (Å²) >= 11 is 0. The lowest BCUT2D eigenvalue weighted by Crippen LogP contribution is -2.24. The van der Waals surface area contributed by atoms with Crippen LogP contribution < -0.4 is 5.32 Å². The zero-order chi connectivity index (χ0) is 13.7. The normalized spacial score (nSPS) is 10.7. The van der Waals surface area contributed by atoms with Gasteiger partial charge in [0.1, 0.15) is 0 Å². The number of nitrogens with one attached hydrogen (secondary N) is 1. The molecule has 0 fully saturated rings. The lowest BCUT2D eigenvalue weighted by atomic mass is 10.1. The summed E-state index contributed by atoms with van der Waals surface area (Å²) in [6.45, 7) is 8.04. The van der Waals surface area contributed by atoms with Gasteiger partial charge < -0.3 is 9.88 Å². The molecule has 100 valence electrons. The molecule has 0 atom stereocenters. The summed E-state index contributed by atoms with van der Waals surface area (Å²) in [6.07, 6.45) is 3.31. The van der Waals surface area contributed by atoms with Crippen molar-refractivity contribution >= 4 is 10.9 Å². The number of para-hydroxylation sites is 1. The van der Waals surface area contributed by atoms with E-state index >= 15 is 0 Å². The van der Waals surface area contributed by atoms with E-state index in [1.807, 2.05) is 6.92 Å². The summed E-state index contributed by atoms with van der Waals surface area (Å²) in [5, 5.41) is 4.83. The predicted molar refractivity (Wildman–Crippen MR) is 82.2 cm³/mol. The number of benzene rings is 1. The van der Waals surface area contributed by atoms with Gasteiger partial charge in [-0.2, -0.15) is 0 Å². The van der Waals surface area contributed by atoms with Gasteiger partial charge in [-0.15, -0.1) is 5.92 Å². The summed E-state index contributed by atoms with van der Waals surface area (Å²) in [5.41, 5.74) is 2.69. The standard InChI is InChI=1S/C17H22N2/c1-4-5-12-19-13-15(10-11-18-14(2)3)16-8-6-7-9-17(16)19/h6-9,13-14,18H,10-12H2,1-3H3. The van der Waals surface area contributed by atoms with Crippen LogP contribution >= 0.6 is 0 Å². The first kappa shape index (κ1) is 13.7. The molecule has 1 N–H and O–H groups in total. The molecule has 0 radical (unpaired) electrons. The molecule has 0 saturated carbocycles. The molecule has 2 nitrogen and oxygen atoms in total. The first-order valence-electron chi connectivity index (χ1n) is 6.92. The van der Waals surface area contributed by atoms with Gasteiger partial charge in [-0.25, -0.2) is 0 Å². The molecule has 0 bridgehead atoms. The van der Waals surface area contributed by atoms with Crippen LogP contribution in [0.1, 0.15) is 26.3 Å². The largest absolute Gasteiger partial charge is 0.336 e. The summed E-state index contributed by atoms with van der Waals surface area (Å²) in [6, 6.07) is 9.12. The third-order valence-electron chi connectivity index (χ3n) is 3.24. The first-order valence-corrected chi connectivity index (χ1v) is 6.92. The van der Waals surface area contributed by atoms with E-state index in [2.05, 4.69) is 66.0 Å². The van der Waals surface area contributed by atoms with E-state index in [4.69, 9.17) is 0 Å². The molecule has 0 amide bonds. The van der Waals surface area contributed by atoms with Crippen LogP contribution in [0.15, 0.2) is 30.5 Å². The fourth-order valence-corrected chi connectivity index (χ4v) is 2.31. The van der Waals surface area contributed by atoms with Crippen molar-refractivity contribution in [2.45, 2.75) is 39.8 Å². The lowest BCUT2D eigenvalue weighted by Gasteiger charge is -2.06. The number of fused-ring (bicyclic) bond motifs is 1. The lowest BCUT2D eigenvalue weighted by molar-refractivity contribution is 0.591. The van der Waals surface area contributed by atoms with Crippen molar-refractivity contribution in [1.82, 2.24) is 9.88 Å². The van der Waals surface area contributed by atoms with E-state index in [0.29, 0.717) is 6.04 Å². The predicted octanol–water partition coefficient (Wildman–Crippen LogP) is 3.21. The van der Waals surface area contributed by atoms with Crippen molar-refractivity contribution in [2.24, 2.45) is 0 Å². The van der Waals surface area contributed by atoms with Crippen LogP contribution in [0.5, 0.6) is 0 Å². The average molecular weight is 254 g/mol. The number of aromatic nitrogens is 1. The van der Waals surface area contributed by atoms with Gasteiger partial charge in [0.05, 0.1) is 6.54 Å². The SMILES string of the molecule is CC#CCn1cc(CCNC(C)C)c2ccccc21. The number of hydrogen-bond donors (Lipinski definition) is 1. The Hall–Kier alpha value is -1.72. The molecule has 2 rings (SSSR count). The number of rotatable bonds is 5. The fourth-order valence-electron chi connectivity index (χ4n) is 2.31. The second-order valence-electron chi connectivity index (χ2n) is 5.08. The summed E-state index contributed by atoms with van der Waals surface area (Å²) in [4.78, 5) is 0. The monoisotopic (exact) mass is 254 g/mol. The molecular formula is C17H22N2. The number of nitrogens with zero attached hydrogens (tertiary/aromatic N) is 1. The van der Waals surface area contributed by atoms with Crippen molar-refractivity contribution in [1.29, 1.82) is 0 Å². The van der Waals surface area contributed by atoms with Crippen molar-refractivity contribution in [3.05, 3.63) is 36.0 Å². The second kappa shape index (κ2) is 6.45. The highest BCUT2D eigenvalue weighted by Gasteiger charge is 2.07. The number of hydrogen-bond acceptors (Lipinski definition) is 1. The molecule has 0 spiro atoms. The maximum atomic E-state index is 3.47. The highest BCUT2D eigenvalue weighted by atomic mass is 15.0. The van der Waals surface area contributed by atoms with Crippen molar-refractivity contribution < 1.29 is 0 Å². The molecule has 2 aromatic rings. The Kier molecular flexibility index (Phi) is 4.65. The Balaban J connectivity index is 2.24. The van der Waals surface area contributed by atoms with Gasteiger partial charge in [-0.3, -0.25) is 0 Å². The van der Waals surface area contributed by atoms with Crippen LogP contribution in [-0.4, -0.2) is 17.2 Å². The molecule has 0 aliphatic carbocycles. The maximum absolute atomic E-state index is 3.47. The zero-order valence-corrected chi connectivity index (χ0v) is 12.0. The van der Waals surface area contributed by atoms with Crippen LogP contribution in [0.25, 0.3) is 10.9 Å². The van der Waals surface area contributed by atoms with Crippen LogP contribution in [0.3, 0.4) is 0 Å². The van der Waals surface area contributed by atoms with Crippen molar-refractivity contribution in [3.8, 4) is 11.8 Å². The molecule has 0 saturated heterocycles. The van der Waals surface area contributed by atoms with Gasteiger partial charge in [0, 0.05) is 23.1 Å². The summed E-state index contributed by atoms with van der Waals surface area (Å²) in [7, 11) is 0. The average Bonchev–Trinajstić information content (AvgIpc) is 2.75. The highest BCUT2D eigenvalue weighted by Crippen LogP contribution is 2.21. The minimum absolute atomic E-state index is 0.541.